The van der Waals surface area contributed by atoms with Gasteiger partial charge in [-0.05, 0) is 67.5 Å². The van der Waals surface area contributed by atoms with Crippen LogP contribution in [-0.4, -0.2) is 56.8 Å². The monoisotopic (exact) mass is 454 g/mol. The van der Waals surface area contributed by atoms with Crippen molar-refractivity contribution in [2.45, 2.75) is 42.9 Å². The van der Waals surface area contributed by atoms with Gasteiger partial charge in [-0.25, -0.2) is 8.42 Å². The summed E-state index contributed by atoms with van der Waals surface area (Å²) in [7, 11) is -1.94. The number of fused-ring (bicyclic) bond motifs is 1. The second kappa shape index (κ2) is 8.19. The summed E-state index contributed by atoms with van der Waals surface area (Å²) in [5.74, 6) is 0.866. The van der Waals surface area contributed by atoms with Crippen molar-refractivity contribution in [2.24, 2.45) is 5.41 Å². The zero-order chi connectivity index (χ0) is 22.3. The Bertz CT molecular complexity index is 1100. The number of amides is 1. The van der Waals surface area contributed by atoms with Gasteiger partial charge in [0.15, 0.2) is 0 Å². The van der Waals surface area contributed by atoms with E-state index in [0.717, 1.165) is 45.2 Å². The third kappa shape index (κ3) is 3.71. The molecule has 0 radical (unpaired) electrons. The van der Waals surface area contributed by atoms with E-state index in [4.69, 9.17) is 4.74 Å². The van der Waals surface area contributed by atoms with Gasteiger partial charge in [0, 0.05) is 31.6 Å². The summed E-state index contributed by atoms with van der Waals surface area (Å²) in [6.07, 6.45) is 4.64. The Morgan fingerprint density at radius 3 is 2.41 bits per heavy atom. The van der Waals surface area contributed by atoms with Crippen molar-refractivity contribution >= 4 is 15.9 Å². The average Bonchev–Trinajstić information content (AvgIpc) is 2.82. The SMILES string of the molecule is COc1ccc(S(=O)(=O)N2CCC3(CC2)CN(C(=O)C2CCCc4ccccc42)C3)cc1. The Morgan fingerprint density at radius 1 is 1.03 bits per heavy atom. The molecule has 1 amide bonds. The third-order valence-electron chi connectivity index (χ3n) is 7.51. The van der Waals surface area contributed by atoms with Gasteiger partial charge >= 0.3 is 0 Å². The fourth-order valence-electron chi connectivity index (χ4n) is 5.56. The number of likely N-dealkylation sites (tertiary alicyclic amines) is 1. The van der Waals surface area contributed by atoms with E-state index in [-0.39, 0.29) is 17.2 Å². The van der Waals surface area contributed by atoms with Gasteiger partial charge in [-0.1, -0.05) is 24.3 Å². The first-order chi connectivity index (χ1) is 15.4. The predicted octanol–water partition coefficient (Wildman–Crippen LogP) is 3.43. The molecule has 32 heavy (non-hydrogen) atoms. The standard InChI is InChI=1S/C25H30N2O4S/c1-31-20-9-11-21(12-10-20)32(29,30)27-15-13-25(14-16-27)17-26(18-25)24(28)23-8-4-6-19-5-2-3-7-22(19)23/h2-3,5,7,9-12,23H,4,6,8,13-18H2,1H3. The van der Waals surface area contributed by atoms with Crippen LogP contribution >= 0.6 is 0 Å². The van der Waals surface area contributed by atoms with Crippen molar-refractivity contribution in [1.82, 2.24) is 9.21 Å². The molecule has 1 atom stereocenters. The third-order valence-corrected chi connectivity index (χ3v) is 9.42. The normalized spacial score (nSPS) is 22.8. The number of rotatable bonds is 4. The van der Waals surface area contributed by atoms with Gasteiger partial charge in [-0.2, -0.15) is 4.31 Å². The van der Waals surface area contributed by atoms with E-state index in [9.17, 15) is 13.2 Å². The molecular weight excluding hydrogens is 424 g/mol. The Balaban J connectivity index is 1.20. The molecule has 6 nitrogen and oxygen atoms in total. The van der Waals surface area contributed by atoms with E-state index in [1.165, 1.54) is 11.1 Å². The Morgan fingerprint density at radius 2 is 1.72 bits per heavy atom. The minimum atomic E-state index is -3.50. The van der Waals surface area contributed by atoms with Crippen LogP contribution in [0, 0.1) is 5.41 Å². The van der Waals surface area contributed by atoms with Crippen molar-refractivity contribution in [3.63, 3.8) is 0 Å². The molecule has 7 heteroatoms. The maximum Gasteiger partial charge on any atom is 0.243 e. The number of carbonyl (C=O) groups excluding carboxylic acids is 1. The summed E-state index contributed by atoms with van der Waals surface area (Å²) in [4.78, 5) is 15.5. The number of piperidine rings is 1. The second-order valence-corrected chi connectivity index (χ2v) is 11.4. The molecule has 2 aromatic carbocycles. The number of aryl methyl sites for hydroxylation is 1. The molecule has 2 saturated heterocycles. The van der Waals surface area contributed by atoms with E-state index in [1.807, 2.05) is 11.0 Å². The number of sulfonamides is 1. The number of carbonyl (C=O) groups is 1. The van der Waals surface area contributed by atoms with Crippen molar-refractivity contribution in [1.29, 1.82) is 0 Å². The number of methoxy groups -OCH3 is 1. The summed E-state index contributed by atoms with van der Waals surface area (Å²) in [6.45, 7) is 2.51. The Hall–Kier alpha value is -2.38. The zero-order valence-electron chi connectivity index (χ0n) is 18.5. The predicted molar refractivity (Wildman–Crippen MR) is 122 cm³/mol. The second-order valence-electron chi connectivity index (χ2n) is 9.42. The van der Waals surface area contributed by atoms with Crippen molar-refractivity contribution in [3.05, 3.63) is 59.7 Å². The average molecular weight is 455 g/mol. The van der Waals surface area contributed by atoms with Gasteiger partial charge in [0.2, 0.25) is 15.9 Å². The number of benzene rings is 2. The summed E-state index contributed by atoms with van der Waals surface area (Å²) >= 11 is 0. The minimum absolute atomic E-state index is 0.0205. The van der Waals surface area contributed by atoms with Crippen molar-refractivity contribution in [2.75, 3.05) is 33.3 Å². The van der Waals surface area contributed by atoms with Crippen LogP contribution in [0.2, 0.25) is 0 Å². The highest BCUT2D eigenvalue weighted by atomic mass is 32.2. The smallest absolute Gasteiger partial charge is 0.243 e. The Labute approximate surface area is 190 Å². The van der Waals surface area contributed by atoms with Gasteiger partial charge in [0.25, 0.3) is 0 Å². The Kier molecular flexibility index (Phi) is 5.50. The van der Waals surface area contributed by atoms with E-state index in [1.54, 1.807) is 35.7 Å². The van der Waals surface area contributed by atoms with Crippen molar-refractivity contribution < 1.29 is 17.9 Å². The van der Waals surface area contributed by atoms with Gasteiger partial charge in [-0.3, -0.25) is 4.79 Å². The molecule has 2 aromatic rings. The first-order valence-corrected chi connectivity index (χ1v) is 12.9. The van der Waals surface area contributed by atoms with Gasteiger partial charge in [0.05, 0.1) is 17.9 Å². The number of nitrogens with zero attached hydrogens (tertiary/aromatic N) is 2. The highest BCUT2D eigenvalue weighted by Gasteiger charge is 2.49. The number of ether oxygens (including phenoxy) is 1. The number of hydrogen-bond acceptors (Lipinski definition) is 4. The lowest BCUT2D eigenvalue weighted by molar-refractivity contribution is -0.148. The molecule has 0 aromatic heterocycles. The van der Waals surface area contributed by atoms with E-state index in [0.29, 0.717) is 23.7 Å². The molecule has 1 aliphatic carbocycles. The highest BCUT2D eigenvalue weighted by Crippen LogP contribution is 2.44. The van der Waals surface area contributed by atoms with Crippen molar-refractivity contribution in [3.8, 4) is 5.75 Å². The first kappa shape index (κ1) is 21.5. The summed E-state index contributed by atoms with van der Waals surface area (Å²) in [5, 5.41) is 0. The first-order valence-electron chi connectivity index (χ1n) is 11.4. The van der Waals surface area contributed by atoms with Crippen LogP contribution in [0.3, 0.4) is 0 Å². The van der Waals surface area contributed by atoms with E-state index < -0.39 is 10.0 Å². The van der Waals surface area contributed by atoms with Crippen LogP contribution in [0.5, 0.6) is 5.75 Å². The molecule has 3 aliphatic rings. The van der Waals surface area contributed by atoms with Crippen LogP contribution in [-0.2, 0) is 21.2 Å². The maximum absolute atomic E-state index is 13.2. The highest BCUT2D eigenvalue weighted by molar-refractivity contribution is 7.89. The molecule has 2 fully saturated rings. The van der Waals surface area contributed by atoms with Crippen LogP contribution in [0.25, 0.3) is 0 Å². The van der Waals surface area contributed by atoms with Crippen LogP contribution in [0.4, 0.5) is 0 Å². The lowest BCUT2D eigenvalue weighted by Gasteiger charge is -2.54. The lowest BCUT2D eigenvalue weighted by Crippen LogP contribution is -2.63. The van der Waals surface area contributed by atoms with Gasteiger partial charge < -0.3 is 9.64 Å². The van der Waals surface area contributed by atoms with Crippen LogP contribution in [0.15, 0.2) is 53.4 Å². The summed E-state index contributed by atoms with van der Waals surface area (Å²) in [5.41, 5.74) is 2.57. The zero-order valence-corrected chi connectivity index (χ0v) is 19.3. The molecule has 0 N–H and O–H groups in total. The molecule has 0 bridgehead atoms. The minimum Gasteiger partial charge on any atom is -0.497 e. The summed E-state index contributed by atoms with van der Waals surface area (Å²) < 4.78 is 32.8. The molecule has 170 valence electrons. The molecular formula is C25H30N2O4S. The molecule has 1 unspecified atom stereocenters. The van der Waals surface area contributed by atoms with Crippen LogP contribution < -0.4 is 4.74 Å². The fourth-order valence-corrected chi connectivity index (χ4v) is 7.01. The van der Waals surface area contributed by atoms with Gasteiger partial charge in [-0.15, -0.1) is 0 Å². The fraction of sp³-hybridized carbons (Fsp3) is 0.480. The lowest BCUT2D eigenvalue weighted by atomic mass is 9.71. The molecule has 2 aliphatic heterocycles. The largest absolute Gasteiger partial charge is 0.497 e. The van der Waals surface area contributed by atoms with Gasteiger partial charge in [0.1, 0.15) is 5.75 Å². The molecule has 5 rings (SSSR count). The molecule has 1 spiro atoms. The van der Waals surface area contributed by atoms with E-state index >= 15 is 0 Å². The van der Waals surface area contributed by atoms with E-state index in [2.05, 4.69) is 18.2 Å². The summed E-state index contributed by atoms with van der Waals surface area (Å²) in [6, 6.07) is 14.9. The number of hydrogen-bond donors (Lipinski definition) is 0. The topological polar surface area (TPSA) is 66.9 Å². The molecule has 0 saturated carbocycles. The maximum atomic E-state index is 13.2. The van der Waals surface area contributed by atoms with Crippen LogP contribution in [0.1, 0.15) is 42.7 Å². The quantitative estimate of drug-likeness (QED) is 0.710. The molecule has 2 heterocycles.